The maximum absolute atomic E-state index is 12.3. The number of rotatable bonds is 4. The zero-order valence-electron chi connectivity index (χ0n) is 23.9. The monoisotopic (exact) mass is 560 g/mol. The van der Waals surface area contributed by atoms with E-state index in [0.717, 1.165) is 48.0 Å². The average Bonchev–Trinajstić information content (AvgIpc) is 3.54. The summed E-state index contributed by atoms with van der Waals surface area (Å²) < 4.78 is 15.3. The van der Waals surface area contributed by atoms with Gasteiger partial charge in [0.15, 0.2) is 5.69 Å². The van der Waals surface area contributed by atoms with Gasteiger partial charge >= 0.3 is 0 Å². The van der Waals surface area contributed by atoms with Crippen molar-refractivity contribution in [1.82, 2.24) is 20.5 Å². The molecule has 1 aromatic carbocycles. The zero-order chi connectivity index (χ0) is 26.2. The fourth-order valence-electron chi connectivity index (χ4n) is 3.86. The molecule has 1 aromatic heterocycles. The molecule has 2 atom stereocenters. The lowest BCUT2D eigenvalue weighted by atomic mass is 10.0. The third-order valence-electron chi connectivity index (χ3n) is 6.09. The van der Waals surface area contributed by atoms with Gasteiger partial charge in [-0.15, -0.1) is 12.6 Å². The summed E-state index contributed by atoms with van der Waals surface area (Å²) in [7, 11) is 5.20. The maximum atomic E-state index is 12.3. The van der Waals surface area contributed by atoms with E-state index in [1.54, 1.807) is 14.2 Å². The van der Waals surface area contributed by atoms with E-state index in [-0.39, 0.29) is 27.9 Å². The van der Waals surface area contributed by atoms with Crippen molar-refractivity contribution in [2.24, 2.45) is 11.8 Å². The number of benzene rings is 1. The number of fused-ring (bicyclic) bond motifs is 1. The van der Waals surface area contributed by atoms with Crippen LogP contribution in [0.25, 0.3) is 0 Å². The number of carbonyl (C=O) groups excluding carboxylic acids is 1. The summed E-state index contributed by atoms with van der Waals surface area (Å²) in [5.41, 5.74) is 2.78. The molecule has 11 nitrogen and oxygen atoms in total. The van der Waals surface area contributed by atoms with Crippen LogP contribution in [0.15, 0.2) is 27.7 Å². The van der Waals surface area contributed by atoms with Crippen molar-refractivity contribution in [2.75, 3.05) is 47.4 Å². The number of nitrogens with one attached hydrogen (secondary N) is 2. The molecule has 4 rings (SSSR count). The fourth-order valence-corrected chi connectivity index (χ4v) is 3.99. The molecule has 38 heavy (non-hydrogen) atoms. The Kier molecular flexibility index (Phi) is 17.4. The quantitative estimate of drug-likeness (QED) is 0.470. The number of aryl methyl sites for hydroxylation is 2. The number of oxazole rings is 1. The van der Waals surface area contributed by atoms with Crippen molar-refractivity contribution in [1.29, 1.82) is 0 Å². The highest BCUT2D eigenvalue weighted by molar-refractivity contribution is 7.80. The molecule has 0 aliphatic carbocycles. The summed E-state index contributed by atoms with van der Waals surface area (Å²) in [5.74, 6) is 2.67. The Balaban J connectivity index is 0. The predicted molar refractivity (Wildman–Crippen MR) is 152 cm³/mol. The lowest BCUT2D eigenvalue weighted by Crippen LogP contribution is -2.32. The number of methoxy groups -OCH3 is 2. The molecule has 2 aliphatic rings. The Morgan fingerprint density at radius 1 is 1.13 bits per heavy atom. The van der Waals surface area contributed by atoms with Crippen molar-refractivity contribution in [3.05, 3.63) is 41.1 Å². The van der Waals surface area contributed by atoms with E-state index in [2.05, 4.69) is 28.2 Å². The van der Waals surface area contributed by atoms with E-state index in [4.69, 9.17) is 13.9 Å². The molecular formula is C26H48N4O7S. The standard InChI is InChI=1S/C12H18N4O2.C9H12OS.C5H12O.3H2O/c1-13-4-11-15-10(7-18-11)12(17)16-5-8-2-14-3-9(8)6-16;1-6-4-8(10-3)5-7(2)9(6)11;1-5(2,3)6-4;;;/h7-9,13-14H,2-6H2,1H3;4-5,11H,1-3H3;1-4H3;3*1H2. The first-order chi connectivity index (χ1) is 16.5. The summed E-state index contributed by atoms with van der Waals surface area (Å²) in [5, 5.41) is 6.31. The molecule has 2 aliphatic heterocycles. The highest BCUT2D eigenvalue weighted by Gasteiger charge is 2.38. The normalized spacial score (nSPS) is 17.3. The fraction of sp³-hybridized carbons (Fsp3) is 0.615. The summed E-state index contributed by atoms with van der Waals surface area (Å²) >= 11 is 4.34. The van der Waals surface area contributed by atoms with Crippen molar-refractivity contribution < 1.29 is 35.1 Å². The minimum atomic E-state index is -0.00416. The second-order valence-corrected chi connectivity index (χ2v) is 10.4. The van der Waals surface area contributed by atoms with E-state index < -0.39 is 0 Å². The second kappa shape index (κ2) is 17.4. The minimum Gasteiger partial charge on any atom is -0.497 e. The van der Waals surface area contributed by atoms with Crippen LogP contribution in [0, 0.1) is 25.7 Å². The van der Waals surface area contributed by atoms with E-state index in [1.807, 2.05) is 58.7 Å². The number of thiol groups is 1. The van der Waals surface area contributed by atoms with E-state index in [0.29, 0.717) is 30.0 Å². The van der Waals surface area contributed by atoms with Crippen LogP contribution in [0.2, 0.25) is 0 Å². The van der Waals surface area contributed by atoms with Gasteiger partial charge in [-0.3, -0.25) is 4.79 Å². The Morgan fingerprint density at radius 2 is 1.63 bits per heavy atom. The highest BCUT2D eigenvalue weighted by atomic mass is 32.1. The molecule has 8 N–H and O–H groups in total. The van der Waals surface area contributed by atoms with Crippen molar-refractivity contribution in [3.63, 3.8) is 0 Å². The molecular weight excluding hydrogens is 512 g/mol. The number of amides is 1. The highest BCUT2D eigenvalue weighted by Crippen LogP contribution is 2.27. The molecule has 2 aromatic rings. The molecule has 3 heterocycles. The van der Waals surface area contributed by atoms with Gasteiger partial charge in [0.2, 0.25) is 5.89 Å². The molecule has 220 valence electrons. The number of nitrogens with zero attached hydrogens (tertiary/aromatic N) is 2. The molecule has 1 amide bonds. The lowest BCUT2D eigenvalue weighted by Gasteiger charge is -2.15. The van der Waals surface area contributed by atoms with Crippen molar-refractivity contribution in [3.8, 4) is 5.75 Å². The molecule has 0 spiro atoms. The van der Waals surface area contributed by atoms with Gasteiger partial charge in [-0.2, -0.15) is 0 Å². The number of likely N-dealkylation sites (tertiary alicyclic amines) is 1. The van der Waals surface area contributed by atoms with Gasteiger partial charge in [0.05, 0.1) is 19.3 Å². The van der Waals surface area contributed by atoms with Crippen LogP contribution < -0.4 is 15.4 Å². The Bertz CT molecular complexity index is 930. The van der Waals surface area contributed by atoms with Crippen molar-refractivity contribution in [2.45, 2.75) is 51.7 Å². The predicted octanol–water partition coefficient (Wildman–Crippen LogP) is 1.24. The van der Waals surface area contributed by atoms with Crippen LogP contribution in [0.1, 0.15) is 48.3 Å². The molecule has 12 heteroatoms. The van der Waals surface area contributed by atoms with Gasteiger partial charge in [-0.25, -0.2) is 4.98 Å². The van der Waals surface area contributed by atoms with Gasteiger partial charge in [0, 0.05) is 38.2 Å². The van der Waals surface area contributed by atoms with E-state index in [1.165, 1.54) is 6.26 Å². The Labute approximate surface area is 232 Å². The Morgan fingerprint density at radius 3 is 2.05 bits per heavy atom. The number of hydrogen-bond donors (Lipinski definition) is 3. The summed E-state index contributed by atoms with van der Waals surface area (Å²) in [6, 6.07) is 3.96. The smallest absolute Gasteiger partial charge is 0.275 e. The van der Waals surface area contributed by atoms with E-state index in [9.17, 15) is 4.79 Å². The summed E-state index contributed by atoms with van der Waals surface area (Å²) in [6.07, 6.45) is 1.46. The maximum Gasteiger partial charge on any atom is 0.275 e. The van der Waals surface area contributed by atoms with Crippen LogP contribution >= 0.6 is 12.6 Å². The number of carbonyl (C=O) groups is 1. The lowest BCUT2D eigenvalue weighted by molar-refractivity contribution is 0.0397. The summed E-state index contributed by atoms with van der Waals surface area (Å²) in [6.45, 7) is 14.4. The van der Waals surface area contributed by atoms with Crippen LogP contribution in [-0.4, -0.2) is 85.3 Å². The van der Waals surface area contributed by atoms with Gasteiger partial charge in [0.1, 0.15) is 12.0 Å². The average molecular weight is 561 g/mol. The van der Waals surface area contributed by atoms with Crippen molar-refractivity contribution >= 4 is 18.5 Å². The minimum absolute atomic E-state index is 0. The van der Waals surface area contributed by atoms with E-state index >= 15 is 0 Å². The number of ether oxygens (including phenoxy) is 2. The zero-order valence-corrected chi connectivity index (χ0v) is 24.8. The first kappa shape index (κ1) is 38.0. The van der Waals surface area contributed by atoms with Crippen LogP contribution in [0.3, 0.4) is 0 Å². The number of hydrogen-bond acceptors (Lipinski definition) is 8. The summed E-state index contributed by atoms with van der Waals surface area (Å²) in [4.78, 5) is 19.4. The third-order valence-corrected chi connectivity index (χ3v) is 6.79. The molecule has 0 bridgehead atoms. The third kappa shape index (κ3) is 11.3. The molecule has 2 unspecified atom stereocenters. The van der Waals surface area contributed by atoms with Gasteiger partial charge < -0.3 is 45.9 Å². The molecule has 2 fully saturated rings. The molecule has 2 saturated heterocycles. The largest absolute Gasteiger partial charge is 0.497 e. The molecule has 0 saturated carbocycles. The topological polar surface area (TPSA) is 183 Å². The SMILES string of the molecule is CNCc1nc(C(=O)N2CC3CNCC3C2)co1.COC(C)(C)C.COc1cc(C)c(S)c(C)c1.O.O.O. The van der Waals surface area contributed by atoms with Crippen LogP contribution in [-0.2, 0) is 11.3 Å². The second-order valence-electron chi connectivity index (χ2n) is 9.97. The van der Waals surface area contributed by atoms with Crippen LogP contribution in [0.5, 0.6) is 5.75 Å². The van der Waals surface area contributed by atoms with Crippen LogP contribution in [0.4, 0.5) is 0 Å². The van der Waals surface area contributed by atoms with Gasteiger partial charge in [-0.05, 0) is 76.8 Å². The van der Waals surface area contributed by atoms with Gasteiger partial charge in [0.25, 0.3) is 5.91 Å². The Hall–Kier alpha value is -2.19. The first-order valence-corrected chi connectivity index (χ1v) is 12.4. The number of aromatic nitrogens is 1. The van der Waals surface area contributed by atoms with Gasteiger partial charge in [-0.1, -0.05) is 0 Å². The molecule has 0 radical (unpaired) electrons. The first-order valence-electron chi connectivity index (χ1n) is 12.0.